The van der Waals surface area contributed by atoms with Gasteiger partial charge in [0.25, 0.3) is 0 Å². The van der Waals surface area contributed by atoms with Crippen LogP contribution in [0.25, 0.3) is 6.08 Å². The van der Waals surface area contributed by atoms with Crippen LogP contribution in [0.1, 0.15) is 37.7 Å². The van der Waals surface area contributed by atoms with Gasteiger partial charge in [0.15, 0.2) is 0 Å². The van der Waals surface area contributed by atoms with Crippen LogP contribution in [0.5, 0.6) is 5.75 Å². The molecule has 0 amide bonds. The minimum Gasteiger partial charge on any atom is -0.434 e. The molecule has 0 unspecified atom stereocenters. The zero-order valence-electron chi connectivity index (χ0n) is 11.7. The average molecular weight is 361 g/mol. The van der Waals surface area contributed by atoms with Crippen LogP contribution in [0.15, 0.2) is 28.2 Å². The number of alkyl halides is 2. The number of hydrogen-bond donors (Lipinski definition) is 1. The van der Waals surface area contributed by atoms with Crippen LogP contribution < -0.4 is 4.74 Å². The lowest BCUT2D eigenvalue weighted by Crippen LogP contribution is -2.12. The maximum atomic E-state index is 12.5. The molecule has 116 valence electrons. The van der Waals surface area contributed by atoms with Crippen molar-refractivity contribution in [1.29, 1.82) is 0 Å². The molecule has 5 heteroatoms. The van der Waals surface area contributed by atoms with Crippen molar-refractivity contribution in [3.8, 4) is 5.75 Å². The van der Waals surface area contributed by atoms with E-state index in [1.54, 1.807) is 18.2 Å². The summed E-state index contributed by atoms with van der Waals surface area (Å²) in [7, 11) is 0. The molecule has 0 spiro atoms. The molecule has 1 aliphatic rings. The summed E-state index contributed by atoms with van der Waals surface area (Å²) in [4.78, 5) is 0. The van der Waals surface area contributed by atoms with Gasteiger partial charge in [0.2, 0.25) is 0 Å². The van der Waals surface area contributed by atoms with E-state index in [9.17, 15) is 13.9 Å². The van der Waals surface area contributed by atoms with E-state index in [1.807, 2.05) is 0 Å². The Morgan fingerprint density at radius 3 is 2.67 bits per heavy atom. The Morgan fingerprint density at radius 1 is 1.33 bits per heavy atom. The van der Waals surface area contributed by atoms with Crippen molar-refractivity contribution in [2.75, 3.05) is 6.61 Å². The van der Waals surface area contributed by atoms with Gasteiger partial charge < -0.3 is 9.84 Å². The van der Waals surface area contributed by atoms with Gasteiger partial charge in [0, 0.05) is 10.0 Å². The second-order valence-electron chi connectivity index (χ2n) is 5.27. The monoisotopic (exact) mass is 360 g/mol. The van der Waals surface area contributed by atoms with Crippen molar-refractivity contribution in [3.05, 3.63) is 33.8 Å². The van der Waals surface area contributed by atoms with Crippen molar-refractivity contribution in [2.24, 2.45) is 5.92 Å². The molecule has 0 bridgehead atoms. The number of rotatable bonds is 5. The first kappa shape index (κ1) is 16.4. The Bertz CT molecular complexity index is 497. The van der Waals surface area contributed by atoms with Gasteiger partial charge in [0.1, 0.15) is 5.75 Å². The fourth-order valence-electron chi connectivity index (χ4n) is 2.80. The summed E-state index contributed by atoms with van der Waals surface area (Å²) in [6.45, 7) is -2.91. The fourth-order valence-corrected chi connectivity index (χ4v) is 3.18. The van der Waals surface area contributed by atoms with E-state index >= 15 is 0 Å². The topological polar surface area (TPSA) is 29.5 Å². The maximum Gasteiger partial charge on any atom is 0.387 e. The predicted octanol–water partition coefficient (Wildman–Crippen LogP) is 5.01. The van der Waals surface area contributed by atoms with Gasteiger partial charge in [-0.15, -0.1) is 0 Å². The highest BCUT2D eigenvalue weighted by Crippen LogP contribution is 2.33. The lowest BCUT2D eigenvalue weighted by Gasteiger charge is -2.23. The Hall–Kier alpha value is -0.940. The van der Waals surface area contributed by atoms with Crippen LogP contribution in [-0.2, 0) is 0 Å². The van der Waals surface area contributed by atoms with Gasteiger partial charge in [0.05, 0.1) is 6.61 Å². The van der Waals surface area contributed by atoms with E-state index in [4.69, 9.17) is 0 Å². The Labute approximate surface area is 131 Å². The summed E-state index contributed by atoms with van der Waals surface area (Å²) in [5, 5.41) is 9.61. The molecule has 1 aromatic carbocycles. The average Bonchev–Trinajstić information content (AvgIpc) is 2.48. The second-order valence-corrected chi connectivity index (χ2v) is 6.19. The van der Waals surface area contributed by atoms with Gasteiger partial charge >= 0.3 is 6.61 Å². The highest BCUT2D eigenvalue weighted by molar-refractivity contribution is 9.10. The minimum absolute atomic E-state index is 0.0503. The third-order valence-electron chi connectivity index (χ3n) is 3.84. The van der Waals surface area contributed by atoms with E-state index in [2.05, 4.69) is 20.7 Å². The summed E-state index contributed by atoms with van der Waals surface area (Å²) in [5.74, 6) is 0.470. The summed E-state index contributed by atoms with van der Waals surface area (Å²) in [6, 6.07) is 4.91. The van der Waals surface area contributed by atoms with Crippen molar-refractivity contribution in [3.63, 3.8) is 0 Å². The van der Waals surface area contributed by atoms with Crippen LogP contribution in [0.4, 0.5) is 8.78 Å². The van der Waals surface area contributed by atoms with E-state index in [0.717, 1.165) is 35.7 Å². The number of benzene rings is 1. The highest BCUT2D eigenvalue weighted by Gasteiger charge is 2.18. The molecule has 2 rings (SSSR count). The molecule has 0 atom stereocenters. The van der Waals surface area contributed by atoms with Gasteiger partial charge in [-0.1, -0.05) is 35.2 Å². The SMILES string of the molecule is OC/C(=C/c1cc(Br)ccc1OC(F)F)C1CCCCC1. The van der Waals surface area contributed by atoms with Gasteiger partial charge in [-0.2, -0.15) is 8.78 Å². The van der Waals surface area contributed by atoms with Gasteiger partial charge in [-0.25, -0.2) is 0 Å². The maximum absolute atomic E-state index is 12.5. The molecular weight excluding hydrogens is 342 g/mol. The largest absolute Gasteiger partial charge is 0.434 e. The molecule has 1 aromatic rings. The van der Waals surface area contributed by atoms with Crippen LogP contribution in [0, 0.1) is 5.92 Å². The molecule has 0 radical (unpaired) electrons. The third kappa shape index (κ3) is 4.78. The first-order valence-electron chi connectivity index (χ1n) is 7.16. The van der Waals surface area contributed by atoms with Crippen molar-refractivity contribution >= 4 is 22.0 Å². The van der Waals surface area contributed by atoms with Gasteiger partial charge in [-0.05, 0) is 48.6 Å². The molecule has 0 aromatic heterocycles. The van der Waals surface area contributed by atoms with Crippen LogP contribution in [-0.4, -0.2) is 18.3 Å². The van der Waals surface area contributed by atoms with Crippen LogP contribution in [0.3, 0.4) is 0 Å². The molecule has 1 saturated carbocycles. The van der Waals surface area contributed by atoms with Crippen LogP contribution >= 0.6 is 15.9 Å². The third-order valence-corrected chi connectivity index (χ3v) is 4.33. The number of aliphatic hydroxyl groups is 1. The summed E-state index contributed by atoms with van der Waals surface area (Å²) in [6.07, 6.45) is 7.42. The molecule has 0 heterocycles. The molecular formula is C16H19BrF2O2. The highest BCUT2D eigenvalue weighted by atomic mass is 79.9. The number of ether oxygens (including phenoxy) is 1. The predicted molar refractivity (Wildman–Crippen MR) is 82.4 cm³/mol. The minimum atomic E-state index is -2.86. The first-order chi connectivity index (χ1) is 10.1. The molecule has 1 fully saturated rings. The number of halogens is 3. The molecule has 1 N–H and O–H groups in total. The lowest BCUT2D eigenvalue weighted by atomic mass is 9.83. The van der Waals surface area contributed by atoms with Gasteiger partial charge in [-0.3, -0.25) is 0 Å². The van der Waals surface area contributed by atoms with Crippen LogP contribution in [0.2, 0.25) is 0 Å². The second kappa shape index (κ2) is 7.90. The molecule has 0 aliphatic heterocycles. The Balaban J connectivity index is 2.29. The summed E-state index contributed by atoms with van der Waals surface area (Å²) in [5.41, 5.74) is 1.46. The smallest absolute Gasteiger partial charge is 0.387 e. The van der Waals surface area contributed by atoms with E-state index in [1.165, 1.54) is 12.5 Å². The molecule has 1 aliphatic carbocycles. The van der Waals surface area contributed by atoms with E-state index < -0.39 is 6.61 Å². The fraction of sp³-hybridized carbons (Fsp3) is 0.500. The number of aliphatic hydroxyl groups excluding tert-OH is 1. The normalized spacial score (nSPS) is 17.3. The first-order valence-corrected chi connectivity index (χ1v) is 7.95. The summed E-state index contributed by atoms with van der Waals surface area (Å²) >= 11 is 3.34. The number of hydrogen-bond acceptors (Lipinski definition) is 2. The Kier molecular flexibility index (Phi) is 6.18. The molecule has 0 saturated heterocycles. The van der Waals surface area contributed by atoms with Crippen molar-refractivity contribution < 1.29 is 18.6 Å². The zero-order chi connectivity index (χ0) is 15.2. The zero-order valence-corrected chi connectivity index (χ0v) is 13.3. The summed E-state index contributed by atoms with van der Waals surface area (Å²) < 4.78 is 30.3. The molecule has 2 nitrogen and oxygen atoms in total. The lowest BCUT2D eigenvalue weighted by molar-refractivity contribution is -0.0500. The van der Waals surface area contributed by atoms with E-state index in [0.29, 0.717) is 11.5 Å². The van der Waals surface area contributed by atoms with E-state index in [-0.39, 0.29) is 12.4 Å². The standard InChI is InChI=1S/C16H19BrF2O2/c17-14-6-7-15(21-16(18)19)12(9-14)8-13(10-20)11-4-2-1-3-5-11/h6-9,11,16,20H,1-5,10H2/b13-8-. The molecule has 21 heavy (non-hydrogen) atoms. The van der Waals surface area contributed by atoms with Crippen molar-refractivity contribution in [1.82, 2.24) is 0 Å². The Morgan fingerprint density at radius 2 is 2.05 bits per heavy atom. The van der Waals surface area contributed by atoms with Crippen molar-refractivity contribution in [2.45, 2.75) is 38.7 Å². The quantitative estimate of drug-likeness (QED) is 0.799.